The lowest BCUT2D eigenvalue weighted by Gasteiger charge is -2.02. The summed E-state index contributed by atoms with van der Waals surface area (Å²) in [5, 5.41) is 7.89. The van der Waals surface area contributed by atoms with Crippen molar-refractivity contribution in [1.82, 2.24) is 10.2 Å². The molecule has 1 aromatic rings. The Hall–Kier alpha value is -0.820. The van der Waals surface area contributed by atoms with E-state index in [-0.39, 0.29) is 11.7 Å². The molecule has 0 fully saturated rings. The number of thioether (sulfide) groups is 1. The van der Waals surface area contributed by atoms with Crippen molar-refractivity contribution in [1.29, 1.82) is 0 Å². The molecule has 0 aliphatic carbocycles. The highest BCUT2D eigenvalue weighted by atomic mass is 32.2. The predicted octanol–water partition coefficient (Wildman–Crippen LogP) is 2.34. The highest BCUT2D eigenvalue weighted by Crippen LogP contribution is 2.23. The van der Waals surface area contributed by atoms with Crippen LogP contribution in [-0.2, 0) is 9.53 Å². The number of nitrogens with zero attached hydrogens (tertiary/aromatic N) is 2. The summed E-state index contributed by atoms with van der Waals surface area (Å²) in [6.07, 6.45) is 4.43. The second-order valence-electron chi connectivity index (χ2n) is 3.48. The smallest absolute Gasteiger partial charge is 0.316 e. The average Bonchev–Trinajstić information content (AvgIpc) is 2.72. The highest BCUT2D eigenvalue weighted by Gasteiger charge is 2.07. The topological polar surface area (TPSA) is 78.1 Å². The first-order chi connectivity index (χ1) is 8.22. The van der Waals surface area contributed by atoms with Gasteiger partial charge in [-0.2, -0.15) is 0 Å². The molecule has 2 N–H and O–H groups in total. The number of hydrogen-bond acceptors (Lipinski definition) is 7. The summed E-state index contributed by atoms with van der Waals surface area (Å²) in [4.78, 5) is 11.3. The van der Waals surface area contributed by atoms with Crippen LogP contribution in [0.1, 0.15) is 32.6 Å². The fourth-order valence-electron chi connectivity index (χ4n) is 1.16. The molecule has 96 valence electrons. The molecule has 17 heavy (non-hydrogen) atoms. The van der Waals surface area contributed by atoms with Gasteiger partial charge in [0.05, 0.1) is 12.4 Å². The van der Waals surface area contributed by atoms with Gasteiger partial charge < -0.3 is 10.5 Å². The third-order valence-electron chi connectivity index (χ3n) is 2.00. The fraction of sp³-hybridized carbons (Fsp3) is 0.700. The summed E-state index contributed by atoms with van der Waals surface area (Å²) in [5.41, 5.74) is 5.43. The first-order valence-electron chi connectivity index (χ1n) is 5.59. The number of hydrogen-bond donors (Lipinski definition) is 1. The van der Waals surface area contributed by atoms with Crippen LogP contribution in [-0.4, -0.2) is 28.5 Å². The largest absolute Gasteiger partial charge is 0.465 e. The van der Waals surface area contributed by atoms with Gasteiger partial charge in [-0.25, -0.2) is 0 Å². The van der Waals surface area contributed by atoms with Crippen LogP contribution in [0.5, 0.6) is 0 Å². The zero-order chi connectivity index (χ0) is 12.5. The second-order valence-corrected chi connectivity index (χ2v) is 5.71. The average molecular weight is 275 g/mol. The SMILES string of the molecule is CCCCCCOC(=O)CSc1nnc(N)s1. The summed E-state index contributed by atoms with van der Waals surface area (Å²) >= 11 is 2.58. The lowest BCUT2D eigenvalue weighted by Crippen LogP contribution is -2.08. The third kappa shape index (κ3) is 6.48. The monoisotopic (exact) mass is 275 g/mol. The molecule has 0 aliphatic rings. The first-order valence-corrected chi connectivity index (χ1v) is 7.40. The molecule has 5 nitrogen and oxygen atoms in total. The van der Waals surface area contributed by atoms with Crippen molar-refractivity contribution in [2.45, 2.75) is 36.9 Å². The quantitative estimate of drug-likeness (QED) is 0.446. The van der Waals surface area contributed by atoms with Gasteiger partial charge >= 0.3 is 5.97 Å². The molecule has 1 heterocycles. The van der Waals surface area contributed by atoms with Crippen molar-refractivity contribution >= 4 is 34.2 Å². The van der Waals surface area contributed by atoms with Crippen molar-refractivity contribution in [2.75, 3.05) is 18.1 Å². The van der Waals surface area contributed by atoms with E-state index in [0.717, 1.165) is 12.8 Å². The Bertz CT molecular complexity index is 344. The highest BCUT2D eigenvalue weighted by molar-refractivity contribution is 8.01. The van der Waals surface area contributed by atoms with Crippen LogP contribution < -0.4 is 5.73 Å². The molecule has 0 saturated carbocycles. The number of rotatable bonds is 8. The van der Waals surface area contributed by atoms with Crippen LogP contribution in [0.4, 0.5) is 5.13 Å². The van der Waals surface area contributed by atoms with E-state index in [1.807, 2.05) is 0 Å². The van der Waals surface area contributed by atoms with Crippen molar-refractivity contribution < 1.29 is 9.53 Å². The third-order valence-corrected chi connectivity index (χ3v) is 3.86. The maximum absolute atomic E-state index is 11.3. The molecule has 1 rings (SSSR count). The summed E-state index contributed by atoms with van der Waals surface area (Å²) in [6, 6.07) is 0. The van der Waals surface area contributed by atoms with Gasteiger partial charge in [0.1, 0.15) is 0 Å². The lowest BCUT2D eigenvalue weighted by atomic mass is 10.2. The van der Waals surface area contributed by atoms with Gasteiger partial charge in [-0.3, -0.25) is 4.79 Å². The van der Waals surface area contributed by atoms with Gasteiger partial charge in [-0.1, -0.05) is 49.3 Å². The van der Waals surface area contributed by atoms with E-state index in [1.54, 1.807) is 0 Å². The molecule has 0 bridgehead atoms. The van der Waals surface area contributed by atoms with Gasteiger partial charge in [-0.05, 0) is 6.42 Å². The number of carbonyl (C=O) groups is 1. The molecule has 0 aromatic carbocycles. The van der Waals surface area contributed by atoms with Crippen molar-refractivity contribution in [3.63, 3.8) is 0 Å². The summed E-state index contributed by atoms with van der Waals surface area (Å²) in [7, 11) is 0. The van der Waals surface area contributed by atoms with Gasteiger partial charge in [-0.15, -0.1) is 10.2 Å². The van der Waals surface area contributed by atoms with E-state index in [1.165, 1.54) is 35.9 Å². The van der Waals surface area contributed by atoms with Crippen LogP contribution >= 0.6 is 23.1 Å². The maximum Gasteiger partial charge on any atom is 0.316 e. The zero-order valence-corrected chi connectivity index (χ0v) is 11.5. The molecule has 0 saturated heterocycles. The van der Waals surface area contributed by atoms with Crippen LogP contribution in [0.25, 0.3) is 0 Å². The minimum Gasteiger partial charge on any atom is -0.465 e. The summed E-state index contributed by atoms with van der Waals surface area (Å²) < 4.78 is 5.78. The van der Waals surface area contributed by atoms with Gasteiger partial charge in [0.25, 0.3) is 0 Å². The van der Waals surface area contributed by atoms with E-state index in [4.69, 9.17) is 10.5 Å². The molecule has 7 heteroatoms. The van der Waals surface area contributed by atoms with E-state index in [2.05, 4.69) is 17.1 Å². The van der Waals surface area contributed by atoms with Crippen molar-refractivity contribution in [3.05, 3.63) is 0 Å². The number of anilines is 1. The Kier molecular flexibility index (Phi) is 6.95. The predicted molar refractivity (Wildman–Crippen MR) is 70.1 cm³/mol. The number of nitrogens with two attached hydrogens (primary N) is 1. The van der Waals surface area contributed by atoms with E-state index < -0.39 is 0 Å². The minimum atomic E-state index is -0.208. The van der Waals surface area contributed by atoms with Crippen molar-refractivity contribution in [3.8, 4) is 0 Å². The zero-order valence-electron chi connectivity index (χ0n) is 9.85. The molecular weight excluding hydrogens is 258 g/mol. The van der Waals surface area contributed by atoms with Crippen LogP contribution in [0.2, 0.25) is 0 Å². The Morgan fingerprint density at radius 1 is 1.41 bits per heavy atom. The molecule has 0 aliphatic heterocycles. The molecule has 0 spiro atoms. The molecule has 0 atom stereocenters. The maximum atomic E-state index is 11.3. The normalized spacial score (nSPS) is 10.4. The number of aromatic nitrogens is 2. The number of ether oxygens (including phenoxy) is 1. The molecule has 1 aromatic heterocycles. The Balaban J connectivity index is 2.05. The minimum absolute atomic E-state index is 0.208. The van der Waals surface area contributed by atoms with Gasteiger partial charge in [0.15, 0.2) is 4.34 Å². The van der Waals surface area contributed by atoms with Crippen LogP contribution in [0.15, 0.2) is 4.34 Å². The van der Waals surface area contributed by atoms with E-state index >= 15 is 0 Å². The molecular formula is C10H17N3O2S2. The molecule has 0 radical (unpaired) electrons. The number of esters is 1. The molecule has 0 unspecified atom stereocenters. The van der Waals surface area contributed by atoms with Gasteiger partial charge in [0.2, 0.25) is 5.13 Å². The number of unbranched alkanes of at least 4 members (excludes halogenated alkanes) is 3. The molecule has 0 amide bonds. The number of nitrogen functional groups attached to an aromatic ring is 1. The first kappa shape index (κ1) is 14.2. The fourth-order valence-corrected chi connectivity index (χ4v) is 2.59. The summed E-state index contributed by atoms with van der Waals surface area (Å²) in [6.45, 7) is 2.66. The van der Waals surface area contributed by atoms with Crippen molar-refractivity contribution in [2.24, 2.45) is 0 Å². The van der Waals surface area contributed by atoms with E-state index in [0.29, 0.717) is 16.1 Å². The summed E-state index contributed by atoms with van der Waals surface area (Å²) in [5.74, 6) is 0.0582. The Labute approximate surface area is 109 Å². The van der Waals surface area contributed by atoms with Gasteiger partial charge in [0, 0.05) is 0 Å². The standard InChI is InChI=1S/C10H17N3O2S2/c1-2-3-4-5-6-15-8(14)7-16-10-13-12-9(11)17-10/h2-7H2,1H3,(H2,11,12). The Morgan fingerprint density at radius 2 is 2.24 bits per heavy atom. The van der Waals surface area contributed by atoms with Crippen LogP contribution in [0.3, 0.4) is 0 Å². The second kappa shape index (κ2) is 8.30. The van der Waals surface area contributed by atoms with Crippen LogP contribution in [0, 0.1) is 0 Å². The lowest BCUT2D eigenvalue weighted by molar-refractivity contribution is -0.140. The van der Waals surface area contributed by atoms with E-state index in [9.17, 15) is 4.79 Å². The number of carbonyl (C=O) groups excluding carboxylic acids is 1. The Morgan fingerprint density at radius 3 is 2.88 bits per heavy atom.